The molecule has 2 aromatic carbocycles. The molecule has 0 radical (unpaired) electrons. The Balaban J connectivity index is 2.04. The second-order valence-corrected chi connectivity index (χ2v) is 6.37. The van der Waals surface area contributed by atoms with Crippen LogP contribution in [0, 0.1) is 5.82 Å². The van der Waals surface area contributed by atoms with Gasteiger partial charge in [-0.1, -0.05) is 11.6 Å². The van der Waals surface area contributed by atoms with Gasteiger partial charge < -0.3 is 9.72 Å². The Labute approximate surface area is 158 Å². The Kier molecular flexibility index (Phi) is 4.26. The fourth-order valence-corrected chi connectivity index (χ4v) is 3.24. The summed E-state index contributed by atoms with van der Waals surface area (Å²) in [7, 11) is 1.61. The Morgan fingerprint density at radius 2 is 1.92 bits per heavy atom. The van der Waals surface area contributed by atoms with E-state index in [0.717, 1.165) is 33.5 Å². The van der Waals surface area contributed by atoms with E-state index in [1.54, 1.807) is 31.5 Å². The first kappa shape index (κ1) is 16.8. The summed E-state index contributed by atoms with van der Waals surface area (Å²) in [6, 6.07) is 12.0. The number of ether oxygens (including phenoxy) is 1. The largest absolute Gasteiger partial charge is 0.497 e. The molecule has 0 spiro atoms. The van der Waals surface area contributed by atoms with Crippen LogP contribution in [0.4, 0.5) is 4.39 Å². The molecule has 1 N–H and O–H groups in total. The van der Waals surface area contributed by atoms with Crippen LogP contribution in [-0.4, -0.2) is 22.1 Å². The van der Waals surface area contributed by atoms with Crippen LogP contribution in [-0.2, 0) is 0 Å². The summed E-state index contributed by atoms with van der Waals surface area (Å²) < 4.78 is 18.9. The number of aromatic amines is 1. The van der Waals surface area contributed by atoms with Gasteiger partial charge in [-0.3, -0.25) is 0 Å². The molecular formula is C19H12Cl2FN3O. The van der Waals surface area contributed by atoms with Gasteiger partial charge in [-0.05, 0) is 48.0 Å². The quantitative estimate of drug-likeness (QED) is 0.455. The lowest BCUT2D eigenvalue weighted by atomic mass is 10.0. The third-order valence-electron chi connectivity index (χ3n) is 4.10. The molecule has 26 heavy (non-hydrogen) atoms. The van der Waals surface area contributed by atoms with Gasteiger partial charge in [-0.2, -0.15) is 0 Å². The van der Waals surface area contributed by atoms with Crippen LogP contribution in [0.3, 0.4) is 0 Å². The maximum absolute atomic E-state index is 13.6. The fourth-order valence-electron chi connectivity index (χ4n) is 2.91. The van der Waals surface area contributed by atoms with E-state index in [9.17, 15) is 4.39 Å². The van der Waals surface area contributed by atoms with E-state index in [-0.39, 0.29) is 10.3 Å². The zero-order valence-corrected chi connectivity index (χ0v) is 15.1. The number of hydrogen-bond donors (Lipinski definition) is 1. The van der Waals surface area contributed by atoms with Crippen molar-refractivity contribution in [2.45, 2.75) is 0 Å². The maximum Gasteiger partial charge on any atom is 0.222 e. The second kappa shape index (κ2) is 6.59. The van der Waals surface area contributed by atoms with Gasteiger partial charge in [0.25, 0.3) is 0 Å². The summed E-state index contributed by atoms with van der Waals surface area (Å²) in [5.74, 6) is 0.245. The monoisotopic (exact) mass is 387 g/mol. The van der Waals surface area contributed by atoms with Gasteiger partial charge in [-0.15, -0.1) is 0 Å². The van der Waals surface area contributed by atoms with Crippen molar-refractivity contribution in [3.05, 3.63) is 64.8 Å². The second-order valence-electron chi connectivity index (χ2n) is 5.63. The van der Waals surface area contributed by atoms with E-state index in [2.05, 4.69) is 15.0 Å². The predicted molar refractivity (Wildman–Crippen MR) is 101 cm³/mol. The zero-order chi connectivity index (χ0) is 18.3. The van der Waals surface area contributed by atoms with Crippen molar-refractivity contribution in [1.82, 2.24) is 15.0 Å². The van der Waals surface area contributed by atoms with Crippen molar-refractivity contribution < 1.29 is 9.13 Å². The first-order chi connectivity index (χ1) is 12.6. The molecule has 0 fully saturated rings. The average molecular weight is 388 g/mol. The minimum atomic E-state index is -0.472. The molecule has 7 heteroatoms. The number of benzene rings is 2. The summed E-state index contributed by atoms with van der Waals surface area (Å²) in [6.45, 7) is 0. The van der Waals surface area contributed by atoms with E-state index in [4.69, 9.17) is 27.9 Å². The van der Waals surface area contributed by atoms with Gasteiger partial charge in [0, 0.05) is 28.8 Å². The minimum Gasteiger partial charge on any atom is -0.497 e. The standard InChI is InChI=1S/C19H12Cl2FN3O/c1-26-11-3-4-12-16(9-11)24-18(10-2-5-14(22)13(20)8-10)17(12)15-6-7-23-19(21)25-15/h2-9,24H,1H3. The van der Waals surface area contributed by atoms with Gasteiger partial charge in [0.1, 0.15) is 11.6 Å². The third kappa shape index (κ3) is 2.89. The minimum absolute atomic E-state index is 0.0467. The Morgan fingerprint density at radius 1 is 1.08 bits per heavy atom. The van der Waals surface area contributed by atoms with Crippen LogP contribution in [0.25, 0.3) is 33.4 Å². The molecule has 130 valence electrons. The predicted octanol–water partition coefficient (Wildman–Crippen LogP) is 5.75. The van der Waals surface area contributed by atoms with Gasteiger partial charge in [0.05, 0.1) is 29.0 Å². The molecule has 4 nitrogen and oxygen atoms in total. The van der Waals surface area contributed by atoms with Crippen LogP contribution >= 0.6 is 23.2 Å². The topological polar surface area (TPSA) is 50.8 Å². The molecule has 4 rings (SSSR count). The average Bonchev–Trinajstić information content (AvgIpc) is 3.02. The van der Waals surface area contributed by atoms with Crippen LogP contribution < -0.4 is 4.74 Å². The van der Waals surface area contributed by atoms with E-state index in [1.165, 1.54) is 6.07 Å². The summed E-state index contributed by atoms with van der Waals surface area (Å²) in [6.07, 6.45) is 1.59. The van der Waals surface area contributed by atoms with Crippen LogP contribution in [0.15, 0.2) is 48.7 Å². The van der Waals surface area contributed by atoms with Crippen molar-refractivity contribution in [1.29, 1.82) is 0 Å². The highest BCUT2D eigenvalue weighted by atomic mass is 35.5. The molecular weight excluding hydrogens is 376 g/mol. The Morgan fingerprint density at radius 3 is 2.65 bits per heavy atom. The molecule has 0 amide bonds. The highest BCUT2D eigenvalue weighted by Crippen LogP contribution is 2.39. The van der Waals surface area contributed by atoms with Crippen LogP contribution in [0.2, 0.25) is 10.3 Å². The summed E-state index contributed by atoms with van der Waals surface area (Å²) in [5, 5.41) is 1.12. The number of halogens is 3. The van der Waals surface area contributed by atoms with E-state index in [1.807, 2.05) is 18.2 Å². The number of fused-ring (bicyclic) bond motifs is 1. The van der Waals surface area contributed by atoms with Gasteiger partial charge in [-0.25, -0.2) is 14.4 Å². The van der Waals surface area contributed by atoms with Crippen molar-refractivity contribution in [2.24, 2.45) is 0 Å². The molecule has 4 aromatic rings. The molecule has 2 heterocycles. The number of hydrogen-bond acceptors (Lipinski definition) is 3. The number of methoxy groups -OCH3 is 1. The molecule has 0 saturated heterocycles. The normalized spacial score (nSPS) is 11.1. The van der Waals surface area contributed by atoms with Crippen molar-refractivity contribution >= 4 is 34.1 Å². The van der Waals surface area contributed by atoms with Crippen molar-refractivity contribution in [3.63, 3.8) is 0 Å². The molecule has 2 aromatic heterocycles. The van der Waals surface area contributed by atoms with Crippen molar-refractivity contribution in [2.75, 3.05) is 7.11 Å². The number of nitrogens with one attached hydrogen (secondary N) is 1. The summed E-state index contributed by atoms with van der Waals surface area (Å²) >= 11 is 12.0. The molecule has 0 aliphatic rings. The molecule has 0 aliphatic carbocycles. The van der Waals surface area contributed by atoms with E-state index < -0.39 is 5.82 Å². The first-order valence-electron chi connectivity index (χ1n) is 7.71. The summed E-state index contributed by atoms with van der Waals surface area (Å²) in [4.78, 5) is 11.6. The molecule has 0 atom stereocenters. The Hall–Kier alpha value is -2.63. The Bertz CT molecular complexity index is 1130. The summed E-state index contributed by atoms with van der Waals surface area (Å²) in [5.41, 5.74) is 3.82. The molecule has 0 bridgehead atoms. The number of aromatic nitrogens is 3. The van der Waals surface area contributed by atoms with E-state index in [0.29, 0.717) is 5.69 Å². The zero-order valence-electron chi connectivity index (χ0n) is 13.6. The molecule has 0 aliphatic heterocycles. The van der Waals surface area contributed by atoms with Crippen molar-refractivity contribution in [3.8, 4) is 28.3 Å². The molecule has 0 unspecified atom stereocenters. The number of nitrogens with zero attached hydrogens (tertiary/aromatic N) is 2. The number of rotatable bonds is 3. The van der Waals surface area contributed by atoms with Crippen LogP contribution in [0.1, 0.15) is 0 Å². The highest BCUT2D eigenvalue weighted by Gasteiger charge is 2.18. The van der Waals surface area contributed by atoms with Gasteiger partial charge in [0.15, 0.2) is 0 Å². The fraction of sp³-hybridized carbons (Fsp3) is 0.0526. The first-order valence-corrected chi connectivity index (χ1v) is 8.46. The highest BCUT2D eigenvalue weighted by molar-refractivity contribution is 6.31. The lowest BCUT2D eigenvalue weighted by molar-refractivity contribution is 0.415. The molecule has 0 saturated carbocycles. The maximum atomic E-state index is 13.6. The number of H-pyrrole nitrogens is 1. The lowest BCUT2D eigenvalue weighted by Crippen LogP contribution is -1.89. The third-order valence-corrected chi connectivity index (χ3v) is 4.57. The van der Waals surface area contributed by atoms with Gasteiger partial charge in [0.2, 0.25) is 5.28 Å². The van der Waals surface area contributed by atoms with Gasteiger partial charge >= 0.3 is 0 Å². The van der Waals surface area contributed by atoms with Crippen LogP contribution in [0.5, 0.6) is 5.75 Å². The smallest absolute Gasteiger partial charge is 0.222 e. The SMILES string of the molecule is COc1ccc2c(-c3ccnc(Cl)n3)c(-c3ccc(F)c(Cl)c3)[nH]c2c1. The lowest BCUT2D eigenvalue weighted by Gasteiger charge is -2.06. The van der Waals surface area contributed by atoms with E-state index >= 15 is 0 Å².